The largest absolute Gasteiger partial charge is 0.330 e. The van der Waals surface area contributed by atoms with Crippen molar-refractivity contribution in [2.24, 2.45) is 17.6 Å². The first-order valence-electron chi connectivity index (χ1n) is 5.63. The summed E-state index contributed by atoms with van der Waals surface area (Å²) in [6.07, 6.45) is 0. The van der Waals surface area contributed by atoms with Crippen molar-refractivity contribution in [1.29, 1.82) is 0 Å². The second-order valence-electron chi connectivity index (χ2n) is 4.51. The van der Waals surface area contributed by atoms with Gasteiger partial charge in [0.25, 0.3) is 0 Å². The van der Waals surface area contributed by atoms with Crippen LogP contribution in [0.15, 0.2) is 12.1 Å². The molecule has 0 fully saturated rings. The molecule has 1 atom stereocenters. The lowest BCUT2D eigenvalue weighted by molar-refractivity contribution is -0.121. The molecule has 0 radical (unpaired) electrons. The van der Waals surface area contributed by atoms with Gasteiger partial charge in [0.05, 0.1) is 5.92 Å². The summed E-state index contributed by atoms with van der Waals surface area (Å²) >= 11 is 0. The van der Waals surface area contributed by atoms with Crippen LogP contribution in [-0.2, 0) is 4.79 Å². The van der Waals surface area contributed by atoms with Crippen molar-refractivity contribution in [2.75, 3.05) is 12.0 Å². The fourth-order valence-corrected chi connectivity index (χ4v) is 1.72. The van der Waals surface area contributed by atoms with Gasteiger partial charge in [-0.3, -0.25) is 14.9 Å². The molecule has 16 heavy (non-hydrogen) atoms. The van der Waals surface area contributed by atoms with Crippen LogP contribution in [0.4, 0.5) is 0 Å². The minimum absolute atomic E-state index is 0.0140. The van der Waals surface area contributed by atoms with E-state index >= 15 is 0 Å². The summed E-state index contributed by atoms with van der Waals surface area (Å²) in [5.74, 6) is 0.0993. The second kappa shape index (κ2) is 5.16. The maximum absolute atomic E-state index is 12.0. The third kappa shape index (κ3) is 2.64. The minimum atomic E-state index is -0.138. The Hall–Kier alpha value is -1.29. The van der Waals surface area contributed by atoms with Gasteiger partial charge in [-0.25, -0.2) is 0 Å². The molecule has 3 N–H and O–H groups in total. The van der Waals surface area contributed by atoms with Crippen molar-refractivity contribution in [3.63, 3.8) is 0 Å². The monoisotopic (exact) mass is 223 g/mol. The highest BCUT2D eigenvalue weighted by Crippen LogP contribution is 2.11. The standard InChI is InChI=1S/C12H21N3O/c1-8(2)11(7-13)12(16)14-15-9(3)5-6-10(15)4/h5-6,8,11H,7,13H2,1-4H3,(H,14,16). The number of aryl methyl sites for hydroxylation is 2. The van der Waals surface area contributed by atoms with Gasteiger partial charge in [-0.2, -0.15) is 0 Å². The quantitative estimate of drug-likeness (QED) is 0.810. The zero-order valence-corrected chi connectivity index (χ0v) is 10.4. The van der Waals surface area contributed by atoms with E-state index in [0.29, 0.717) is 6.54 Å². The molecule has 0 aliphatic heterocycles. The van der Waals surface area contributed by atoms with Gasteiger partial charge in [0.15, 0.2) is 0 Å². The van der Waals surface area contributed by atoms with E-state index in [4.69, 9.17) is 5.73 Å². The molecule has 1 aromatic heterocycles. The Labute approximate surface area is 96.8 Å². The predicted molar refractivity (Wildman–Crippen MR) is 65.7 cm³/mol. The lowest BCUT2D eigenvalue weighted by atomic mass is 9.95. The van der Waals surface area contributed by atoms with Crippen molar-refractivity contribution in [2.45, 2.75) is 27.7 Å². The molecule has 1 rings (SSSR count). The third-order valence-corrected chi connectivity index (χ3v) is 2.89. The van der Waals surface area contributed by atoms with Crippen molar-refractivity contribution >= 4 is 5.91 Å². The van der Waals surface area contributed by atoms with Gasteiger partial charge in [-0.15, -0.1) is 0 Å². The second-order valence-corrected chi connectivity index (χ2v) is 4.51. The zero-order valence-electron chi connectivity index (χ0n) is 10.4. The smallest absolute Gasteiger partial charge is 0.243 e. The number of nitrogens with one attached hydrogen (secondary N) is 1. The molecule has 0 aromatic carbocycles. The average molecular weight is 223 g/mol. The maximum Gasteiger partial charge on any atom is 0.243 e. The maximum atomic E-state index is 12.0. The van der Waals surface area contributed by atoms with Crippen molar-refractivity contribution in [1.82, 2.24) is 4.68 Å². The minimum Gasteiger partial charge on any atom is -0.330 e. The molecular formula is C12H21N3O. The van der Waals surface area contributed by atoms with Crippen LogP contribution in [0.5, 0.6) is 0 Å². The van der Waals surface area contributed by atoms with Crippen molar-refractivity contribution in [3.8, 4) is 0 Å². The summed E-state index contributed by atoms with van der Waals surface area (Å²) in [5, 5.41) is 0. The summed E-state index contributed by atoms with van der Waals surface area (Å²) in [6.45, 7) is 8.31. The van der Waals surface area contributed by atoms with Gasteiger partial charge in [-0.1, -0.05) is 13.8 Å². The number of nitrogens with two attached hydrogens (primary N) is 1. The number of hydrogen-bond donors (Lipinski definition) is 2. The van der Waals surface area contributed by atoms with E-state index < -0.39 is 0 Å². The average Bonchev–Trinajstić information content (AvgIpc) is 2.50. The van der Waals surface area contributed by atoms with E-state index in [1.807, 2.05) is 39.8 Å². The Balaban J connectivity index is 2.78. The predicted octanol–water partition coefficient (Wildman–Crippen LogP) is 1.41. The fourth-order valence-electron chi connectivity index (χ4n) is 1.72. The van der Waals surface area contributed by atoms with E-state index in [2.05, 4.69) is 5.43 Å². The van der Waals surface area contributed by atoms with Crippen LogP contribution in [0.3, 0.4) is 0 Å². The van der Waals surface area contributed by atoms with Gasteiger partial charge in [0, 0.05) is 17.9 Å². The summed E-state index contributed by atoms with van der Waals surface area (Å²) < 4.78 is 1.80. The first kappa shape index (κ1) is 12.8. The number of hydrogen-bond acceptors (Lipinski definition) is 2. The van der Waals surface area contributed by atoms with Crippen LogP contribution in [0, 0.1) is 25.7 Å². The molecule has 1 heterocycles. The number of rotatable bonds is 4. The molecule has 1 aromatic rings. The van der Waals surface area contributed by atoms with Crippen LogP contribution in [-0.4, -0.2) is 17.1 Å². The Morgan fingerprint density at radius 3 is 2.25 bits per heavy atom. The number of carbonyl (C=O) groups excluding carboxylic acids is 1. The molecule has 4 nitrogen and oxygen atoms in total. The fraction of sp³-hybridized carbons (Fsp3) is 0.583. The number of nitrogens with zero attached hydrogens (tertiary/aromatic N) is 1. The van der Waals surface area contributed by atoms with E-state index in [9.17, 15) is 4.79 Å². The van der Waals surface area contributed by atoms with Crippen LogP contribution in [0.25, 0.3) is 0 Å². The lowest BCUT2D eigenvalue weighted by Gasteiger charge is -2.20. The molecule has 0 bridgehead atoms. The number of aromatic nitrogens is 1. The van der Waals surface area contributed by atoms with Crippen molar-refractivity contribution in [3.05, 3.63) is 23.5 Å². The van der Waals surface area contributed by atoms with Crippen LogP contribution < -0.4 is 11.2 Å². The molecule has 4 heteroatoms. The van der Waals surface area contributed by atoms with Gasteiger partial charge in [0.1, 0.15) is 0 Å². The molecule has 0 aliphatic rings. The van der Waals surface area contributed by atoms with Crippen LogP contribution >= 0.6 is 0 Å². The first-order valence-corrected chi connectivity index (χ1v) is 5.63. The molecule has 1 amide bonds. The Morgan fingerprint density at radius 1 is 1.38 bits per heavy atom. The normalized spacial score (nSPS) is 12.9. The van der Waals surface area contributed by atoms with Crippen LogP contribution in [0.1, 0.15) is 25.2 Å². The summed E-state index contributed by atoms with van der Waals surface area (Å²) in [7, 11) is 0. The Kier molecular flexibility index (Phi) is 4.12. The summed E-state index contributed by atoms with van der Waals surface area (Å²) in [6, 6.07) is 3.95. The van der Waals surface area contributed by atoms with E-state index in [0.717, 1.165) is 11.4 Å². The van der Waals surface area contributed by atoms with Crippen molar-refractivity contribution < 1.29 is 4.79 Å². The molecule has 0 aliphatic carbocycles. The van der Waals surface area contributed by atoms with E-state index in [1.54, 1.807) is 4.68 Å². The molecule has 1 unspecified atom stereocenters. The highest BCUT2D eigenvalue weighted by atomic mass is 16.2. The summed E-state index contributed by atoms with van der Waals surface area (Å²) in [4.78, 5) is 12.0. The highest BCUT2D eigenvalue weighted by molar-refractivity contribution is 5.86. The van der Waals surface area contributed by atoms with Gasteiger partial charge < -0.3 is 5.73 Å². The molecule has 90 valence electrons. The SMILES string of the molecule is Cc1ccc(C)n1NC(=O)C(CN)C(C)C. The van der Waals surface area contributed by atoms with E-state index in [-0.39, 0.29) is 17.7 Å². The third-order valence-electron chi connectivity index (χ3n) is 2.89. The van der Waals surface area contributed by atoms with Gasteiger partial charge in [0.2, 0.25) is 5.91 Å². The topological polar surface area (TPSA) is 60.0 Å². The lowest BCUT2D eigenvalue weighted by Crippen LogP contribution is -2.37. The molecular weight excluding hydrogens is 202 g/mol. The van der Waals surface area contributed by atoms with Gasteiger partial charge in [-0.05, 0) is 31.9 Å². The van der Waals surface area contributed by atoms with Crippen LogP contribution in [0.2, 0.25) is 0 Å². The highest BCUT2D eigenvalue weighted by Gasteiger charge is 2.21. The Bertz CT molecular complexity index is 349. The first-order chi connectivity index (χ1) is 7.47. The zero-order chi connectivity index (χ0) is 12.3. The van der Waals surface area contributed by atoms with E-state index in [1.165, 1.54) is 0 Å². The molecule has 0 saturated heterocycles. The molecule has 0 saturated carbocycles. The molecule has 0 spiro atoms. The number of amides is 1. The van der Waals surface area contributed by atoms with Gasteiger partial charge >= 0.3 is 0 Å². The Morgan fingerprint density at radius 2 is 1.88 bits per heavy atom. The number of carbonyl (C=O) groups is 1. The summed E-state index contributed by atoms with van der Waals surface area (Å²) in [5.41, 5.74) is 10.5.